The van der Waals surface area contributed by atoms with Gasteiger partial charge in [0, 0.05) is 29.0 Å². The van der Waals surface area contributed by atoms with E-state index >= 15 is 8.78 Å². The topological polar surface area (TPSA) is 116 Å². The highest BCUT2D eigenvalue weighted by Crippen LogP contribution is 2.37. The number of aromatic nitrogens is 5. The third kappa shape index (κ3) is 3.81. The van der Waals surface area contributed by atoms with E-state index in [-0.39, 0.29) is 16.1 Å². The van der Waals surface area contributed by atoms with Gasteiger partial charge in [-0.2, -0.15) is 5.10 Å². The number of pyridine rings is 1. The van der Waals surface area contributed by atoms with Crippen LogP contribution in [0.1, 0.15) is 11.4 Å². The van der Waals surface area contributed by atoms with Crippen LogP contribution in [0.5, 0.6) is 0 Å². The van der Waals surface area contributed by atoms with Crippen molar-refractivity contribution in [1.82, 2.24) is 25.1 Å². The maximum atomic E-state index is 15.4. The van der Waals surface area contributed by atoms with Crippen LogP contribution in [-0.2, 0) is 10.0 Å². The smallest absolute Gasteiger partial charge is 0.263 e. The van der Waals surface area contributed by atoms with E-state index in [1.165, 1.54) is 37.4 Å². The first-order valence-corrected chi connectivity index (χ1v) is 11.8. The molecule has 0 saturated carbocycles. The summed E-state index contributed by atoms with van der Waals surface area (Å²) in [5.41, 5.74) is -0.601. The molecule has 0 amide bonds. The van der Waals surface area contributed by atoms with E-state index in [2.05, 4.69) is 29.9 Å². The molecule has 3 N–H and O–H groups in total. The molecule has 5 rings (SSSR count). The van der Waals surface area contributed by atoms with Crippen LogP contribution < -0.4 is 4.72 Å². The fourth-order valence-electron chi connectivity index (χ4n) is 3.86. The second kappa shape index (κ2) is 8.24. The third-order valence-corrected chi connectivity index (χ3v) is 6.97. The highest BCUT2D eigenvalue weighted by molar-refractivity contribution is 7.92. The summed E-state index contributed by atoms with van der Waals surface area (Å²) in [6.45, 7) is 3.20. The number of hydrogen-bond donors (Lipinski definition) is 3. The maximum Gasteiger partial charge on any atom is 0.263 e. The third-order valence-electron chi connectivity index (χ3n) is 5.47. The number of benzene rings is 2. The summed E-state index contributed by atoms with van der Waals surface area (Å²) in [6, 6.07) is 7.29. The Kier molecular flexibility index (Phi) is 5.32. The average molecular weight is 498 g/mol. The molecule has 0 atom stereocenters. The molecule has 2 aromatic carbocycles. The van der Waals surface area contributed by atoms with Crippen molar-refractivity contribution in [2.24, 2.45) is 0 Å². The number of sulfonamides is 1. The molecule has 0 bridgehead atoms. The molecule has 0 spiro atoms. The minimum Gasteiger partial charge on any atom is -0.343 e. The Labute approximate surface area is 197 Å². The monoisotopic (exact) mass is 498 g/mol. The van der Waals surface area contributed by atoms with E-state index in [1.54, 1.807) is 13.1 Å². The molecule has 12 heteroatoms. The molecule has 0 aliphatic carbocycles. The molecule has 35 heavy (non-hydrogen) atoms. The highest BCUT2D eigenvalue weighted by atomic mass is 32.2. The molecule has 0 saturated heterocycles. The fraction of sp³-hybridized carbons (Fsp3) is 0.0870. The molecule has 178 valence electrons. The summed E-state index contributed by atoms with van der Waals surface area (Å²) in [6.07, 6.45) is 3.08. The lowest BCUT2D eigenvalue weighted by Gasteiger charge is -2.14. The minimum atomic E-state index is -4.26. The van der Waals surface area contributed by atoms with Gasteiger partial charge in [-0.1, -0.05) is 6.07 Å². The van der Waals surface area contributed by atoms with Gasteiger partial charge in [0.2, 0.25) is 0 Å². The zero-order valence-corrected chi connectivity index (χ0v) is 19.1. The molecule has 0 aliphatic rings. The van der Waals surface area contributed by atoms with Crippen LogP contribution in [0.2, 0.25) is 0 Å². The molecule has 0 fully saturated rings. The molecular formula is C23H17F3N6O2S. The summed E-state index contributed by atoms with van der Waals surface area (Å²) < 4.78 is 73.5. The molecule has 0 radical (unpaired) electrons. The van der Waals surface area contributed by atoms with Gasteiger partial charge < -0.3 is 4.98 Å². The molecule has 8 nitrogen and oxygen atoms in total. The molecule has 0 unspecified atom stereocenters. The highest BCUT2D eigenvalue weighted by Gasteiger charge is 2.25. The van der Waals surface area contributed by atoms with Crippen molar-refractivity contribution in [3.05, 3.63) is 77.6 Å². The largest absolute Gasteiger partial charge is 0.343 e. The van der Waals surface area contributed by atoms with E-state index in [4.69, 9.17) is 0 Å². The van der Waals surface area contributed by atoms with Gasteiger partial charge in [0.1, 0.15) is 21.9 Å². The zero-order valence-electron chi connectivity index (χ0n) is 18.3. The number of imidazole rings is 1. The van der Waals surface area contributed by atoms with Gasteiger partial charge in [0.05, 0.1) is 16.9 Å². The van der Waals surface area contributed by atoms with E-state index in [0.29, 0.717) is 22.6 Å². The van der Waals surface area contributed by atoms with Crippen molar-refractivity contribution < 1.29 is 21.6 Å². The predicted octanol–water partition coefficient (Wildman–Crippen LogP) is 4.85. The SMILES string of the molecule is Cc1ccc(S(=O)(=O)Nc2ccc(F)c(-c3ccc4c(-c5ncc[nH]5)n[nH]c4c3F)c2F)c(C)n1. The van der Waals surface area contributed by atoms with Crippen molar-refractivity contribution in [3.8, 4) is 22.6 Å². The maximum absolute atomic E-state index is 15.4. The van der Waals surface area contributed by atoms with Gasteiger partial charge in [0.25, 0.3) is 10.0 Å². The lowest BCUT2D eigenvalue weighted by atomic mass is 10.0. The molecule has 3 heterocycles. The van der Waals surface area contributed by atoms with Crippen LogP contribution in [-0.4, -0.2) is 33.6 Å². The van der Waals surface area contributed by atoms with Gasteiger partial charge in [-0.15, -0.1) is 0 Å². The predicted molar refractivity (Wildman–Crippen MR) is 124 cm³/mol. The quantitative estimate of drug-likeness (QED) is 0.320. The zero-order chi connectivity index (χ0) is 24.9. The number of aryl methyl sites for hydroxylation is 2. The van der Waals surface area contributed by atoms with Crippen LogP contribution in [0.15, 0.2) is 53.7 Å². The van der Waals surface area contributed by atoms with Crippen LogP contribution >= 0.6 is 0 Å². The molecular weight excluding hydrogens is 481 g/mol. The van der Waals surface area contributed by atoms with Crippen molar-refractivity contribution in [1.29, 1.82) is 0 Å². The Balaban J connectivity index is 1.60. The van der Waals surface area contributed by atoms with Crippen LogP contribution in [0.4, 0.5) is 18.9 Å². The molecule has 5 aromatic rings. The second-order valence-electron chi connectivity index (χ2n) is 7.79. The van der Waals surface area contributed by atoms with Gasteiger partial charge in [-0.05, 0) is 44.2 Å². The van der Waals surface area contributed by atoms with Crippen molar-refractivity contribution in [3.63, 3.8) is 0 Å². The van der Waals surface area contributed by atoms with Crippen LogP contribution in [0.25, 0.3) is 33.5 Å². The first-order valence-electron chi connectivity index (χ1n) is 10.3. The number of aromatic amines is 2. The number of halogens is 3. The van der Waals surface area contributed by atoms with E-state index in [9.17, 15) is 12.8 Å². The standard InChI is InChI=1S/C23H17F3N6O2S/c1-11-3-8-17(12(2)29-11)35(33,34)32-16-7-6-15(24)18(20(16)26)13-4-5-14-21(19(13)25)30-31-22(14)23-27-9-10-28-23/h3-10,32H,1-2H3,(H,27,28)(H,30,31). The Morgan fingerprint density at radius 3 is 2.49 bits per heavy atom. The Morgan fingerprint density at radius 1 is 0.971 bits per heavy atom. The summed E-state index contributed by atoms with van der Waals surface area (Å²) in [4.78, 5) is 10.9. The number of hydrogen-bond acceptors (Lipinski definition) is 5. The summed E-state index contributed by atoms with van der Waals surface area (Å²) >= 11 is 0. The Hall–Kier alpha value is -4.19. The molecule has 0 aliphatic heterocycles. The molecule has 3 aromatic heterocycles. The normalized spacial score (nSPS) is 11.8. The van der Waals surface area contributed by atoms with Gasteiger partial charge in [0.15, 0.2) is 17.5 Å². The lowest BCUT2D eigenvalue weighted by Crippen LogP contribution is -2.16. The lowest BCUT2D eigenvalue weighted by molar-refractivity contribution is 0.582. The minimum absolute atomic E-state index is 0.0833. The van der Waals surface area contributed by atoms with E-state index < -0.39 is 44.3 Å². The van der Waals surface area contributed by atoms with Crippen LogP contribution in [0, 0.1) is 31.3 Å². The number of H-pyrrole nitrogens is 2. The van der Waals surface area contributed by atoms with Crippen LogP contribution in [0.3, 0.4) is 0 Å². The number of nitrogens with one attached hydrogen (secondary N) is 3. The second-order valence-corrected chi connectivity index (χ2v) is 9.44. The van der Waals surface area contributed by atoms with E-state index in [1.807, 2.05) is 0 Å². The first kappa shape index (κ1) is 22.6. The number of fused-ring (bicyclic) bond motifs is 1. The Morgan fingerprint density at radius 2 is 1.77 bits per heavy atom. The number of rotatable bonds is 5. The first-order chi connectivity index (χ1) is 16.7. The van der Waals surface area contributed by atoms with Crippen molar-refractivity contribution in [2.45, 2.75) is 18.7 Å². The average Bonchev–Trinajstić information content (AvgIpc) is 3.47. The van der Waals surface area contributed by atoms with Gasteiger partial charge in [-0.25, -0.2) is 26.6 Å². The van der Waals surface area contributed by atoms with E-state index in [0.717, 1.165) is 12.1 Å². The fourth-order valence-corrected chi connectivity index (χ4v) is 5.10. The number of anilines is 1. The Bertz CT molecular complexity index is 1700. The van der Waals surface area contributed by atoms with Crippen molar-refractivity contribution >= 4 is 26.6 Å². The van der Waals surface area contributed by atoms with Crippen molar-refractivity contribution in [2.75, 3.05) is 4.72 Å². The van der Waals surface area contributed by atoms with Gasteiger partial charge in [-0.3, -0.25) is 14.8 Å². The summed E-state index contributed by atoms with van der Waals surface area (Å²) in [5, 5.41) is 6.93. The number of nitrogens with zero attached hydrogens (tertiary/aromatic N) is 3. The summed E-state index contributed by atoms with van der Waals surface area (Å²) in [7, 11) is -4.26. The van der Waals surface area contributed by atoms with Gasteiger partial charge >= 0.3 is 0 Å². The summed E-state index contributed by atoms with van der Waals surface area (Å²) in [5.74, 6) is -2.90.